The number of nitrogens with one attached hydrogen (secondary N) is 1. The number of hydrogen-bond donors (Lipinski definition) is 1. The third-order valence-electron chi connectivity index (χ3n) is 3.06. The molecule has 1 atom stereocenters. The number of ketones is 1. The summed E-state index contributed by atoms with van der Waals surface area (Å²) < 4.78 is 4.63. The Balaban J connectivity index is 2.40. The normalized spacial score (nSPS) is 18.6. The number of ether oxygens (including phenoxy) is 1. The van der Waals surface area contributed by atoms with Crippen LogP contribution in [0.4, 0.5) is 5.13 Å². The number of rotatable bonds is 3. The fourth-order valence-corrected chi connectivity index (χ4v) is 3.00. The van der Waals surface area contributed by atoms with E-state index in [9.17, 15) is 14.4 Å². The molecule has 1 unspecified atom stereocenters. The van der Waals surface area contributed by atoms with Crippen LogP contribution in [0.3, 0.4) is 0 Å². The highest BCUT2D eigenvalue weighted by atomic mass is 32.1. The van der Waals surface area contributed by atoms with Crippen LogP contribution in [0, 0.1) is 0 Å². The summed E-state index contributed by atoms with van der Waals surface area (Å²) in [6.45, 7) is 4.21. The molecule has 2 heterocycles. The highest BCUT2D eigenvalue weighted by Gasteiger charge is 2.30. The van der Waals surface area contributed by atoms with Gasteiger partial charge in [0.05, 0.1) is 7.11 Å². The van der Waals surface area contributed by atoms with Crippen LogP contribution >= 0.6 is 11.3 Å². The summed E-state index contributed by atoms with van der Waals surface area (Å²) in [4.78, 5) is 41.1. The van der Waals surface area contributed by atoms with Crippen LogP contribution in [0.2, 0.25) is 0 Å². The molecule has 1 aromatic heterocycles. The van der Waals surface area contributed by atoms with Gasteiger partial charge in [-0.1, -0.05) is 11.3 Å². The largest absolute Gasteiger partial charge is 0.464 e. The first kappa shape index (κ1) is 14.4. The number of piperazine rings is 1. The molecule has 0 radical (unpaired) electrons. The average molecular weight is 297 g/mol. The van der Waals surface area contributed by atoms with E-state index in [0.717, 1.165) is 11.3 Å². The summed E-state index contributed by atoms with van der Waals surface area (Å²) in [6, 6.07) is -0.389. The van der Waals surface area contributed by atoms with Crippen molar-refractivity contribution in [3.05, 3.63) is 10.6 Å². The first-order valence-corrected chi connectivity index (χ1v) is 6.91. The summed E-state index contributed by atoms with van der Waals surface area (Å²) >= 11 is 1.11. The van der Waals surface area contributed by atoms with Gasteiger partial charge in [-0.05, 0) is 6.92 Å². The third kappa shape index (κ3) is 2.51. The van der Waals surface area contributed by atoms with E-state index in [1.165, 1.54) is 14.0 Å². The molecular formula is C12H15N3O4S. The van der Waals surface area contributed by atoms with E-state index in [0.29, 0.717) is 18.2 Å². The smallest absolute Gasteiger partial charge is 0.358 e. The zero-order valence-corrected chi connectivity index (χ0v) is 12.2. The number of carbonyl (C=O) groups is 3. The van der Waals surface area contributed by atoms with Gasteiger partial charge in [-0.3, -0.25) is 9.59 Å². The zero-order valence-electron chi connectivity index (χ0n) is 11.4. The number of aromatic nitrogens is 1. The van der Waals surface area contributed by atoms with Crippen LogP contribution in [0.1, 0.15) is 34.0 Å². The van der Waals surface area contributed by atoms with Crippen molar-refractivity contribution in [2.45, 2.75) is 19.9 Å². The van der Waals surface area contributed by atoms with Crippen molar-refractivity contribution >= 4 is 34.1 Å². The molecular weight excluding hydrogens is 282 g/mol. The van der Waals surface area contributed by atoms with Gasteiger partial charge in [0, 0.05) is 20.0 Å². The van der Waals surface area contributed by atoms with E-state index in [1.807, 2.05) is 0 Å². The first-order chi connectivity index (χ1) is 9.45. The lowest BCUT2D eigenvalue weighted by atomic mass is 10.2. The Morgan fingerprint density at radius 3 is 2.80 bits per heavy atom. The van der Waals surface area contributed by atoms with Crippen LogP contribution in [0.25, 0.3) is 0 Å². The lowest BCUT2D eigenvalue weighted by Crippen LogP contribution is -2.54. The van der Waals surface area contributed by atoms with Crippen molar-refractivity contribution in [1.82, 2.24) is 10.3 Å². The Hall–Kier alpha value is -1.96. The van der Waals surface area contributed by atoms with E-state index in [-0.39, 0.29) is 28.3 Å². The molecule has 1 N–H and O–H groups in total. The van der Waals surface area contributed by atoms with Gasteiger partial charge in [0.15, 0.2) is 16.6 Å². The number of amides is 1. The minimum atomic E-state index is -0.646. The number of methoxy groups -OCH3 is 1. The van der Waals surface area contributed by atoms with Crippen LogP contribution in [0.5, 0.6) is 0 Å². The molecule has 0 saturated carbocycles. The zero-order chi connectivity index (χ0) is 14.9. The SMILES string of the molecule is COC(=O)c1nc(N2CCNC(=O)C2C)sc1C(C)=O. The quantitative estimate of drug-likeness (QED) is 0.644. The molecule has 1 saturated heterocycles. The van der Waals surface area contributed by atoms with E-state index >= 15 is 0 Å². The molecule has 7 nitrogen and oxygen atoms in total. The predicted octanol–water partition coefficient (Wildman–Crippen LogP) is 0.457. The molecule has 0 aromatic carbocycles. The van der Waals surface area contributed by atoms with Crippen LogP contribution in [0.15, 0.2) is 0 Å². The molecule has 1 aromatic rings. The molecule has 2 rings (SSSR count). The van der Waals surface area contributed by atoms with Gasteiger partial charge in [-0.2, -0.15) is 0 Å². The summed E-state index contributed by atoms with van der Waals surface area (Å²) in [5.74, 6) is -0.995. The fourth-order valence-electron chi connectivity index (χ4n) is 1.95. The second-order valence-electron chi connectivity index (χ2n) is 4.38. The lowest BCUT2D eigenvalue weighted by Gasteiger charge is -2.32. The number of anilines is 1. The topological polar surface area (TPSA) is 88.6 Å². The number of hydrogen-bond acceptors (Lipinski definition) is 7. The van der Waals surface area contributed by atoms with Gasteiger partial charge in [0.25, 0.3) is 0 Å². The number of esters is 1. The van der Waals surface area contributed by atoms with Crippen molar-refractivity contribution in [3.8, 4) is 0 Å². The number of thiazole rings is 1. The van der Waals surface area contributed by atoms with E-state index in [2.05, 4.69) is 15.0 Å². The maximum atomic E-state index is 11.7. The van der Waals surface area contributed by atoms with Crippen molar-refractivity contribution in [2.24, 2.45) is 0 Å². The minimum absolute atomic E-state index is 0.0122. The van der Waals surface area contributed by atoms with Crippen molar-refractivity contribution in [1.29, 1.82) is 0 Å². The van der Waals surface area contributed by atoms with Crippen molar-refractivity contribution in [3.63, 3.8) is 0 Å². The molecule has 1 amide bonds. The monoisotopic (exact) mass is 297 g/mol. The van der Waals surface area contributed by atoms with Crippen LogP contribution < -0.4 is 10.2 Å². The first-order valence-electron chi connectivity index (χ1n) is 6.10. The molecule has 1 fully saturated rings. The van der Waals surface area contributed by atoms with Crippen LogP contribution in [-0.4, -0.2) is 48.9 Å². The van der Waals surface area contributed by atoms with Gasteiger partial charge in [0.2, 0.25) is 5.91 Å². The fraction of sp³-hybridized carbons (Fsp3) is 0.500. The van der Waals surface area contributed by atoms with Gasteiger partial charge in [-0.25, -0.2) is 9.78 Å². The van der Waals surface area contributed by atoms with E-state index < -0.39 is 5.97 Å². The summed E-state index contributed by atoms with van der Waals surface area (Å²) in [6.07, 6.45) is 0. The lowest BCUT2D eigenvalue weighted by molar-refractivity contribution is -0.122. The maximum Gasteiger partial charge on any atom is 0.358 e. The van der Waals surface area contributed by atoms with Gasteiger partial charge < -0.3 is 15.0 Å². The molecule has 0 aliphatic carbocycles. The standard InChI is InChI=1S/C12H15N3O4S/c1-6-10(17)13-4-5-15(6)12-14-8(11(18)19-3)9(20-12)7(2)16/h6H,4-5H2,1-3H3,(H,13,17). The van der Waals surface area contributed by atoms with E-state index in [4.69, 9.17) is 0 Å². The van der Waals surface area contributed by atoms with Gasteiger partial charge in [-0.15, -0.1) is 0 Å². The van der Waals surface area contributed by atoms with Gasteiger partial charge >= 0.3 is 5.97 Å². The minimum Gasteiger partial charge on any atom is -0.464 e. The second kappa shape index (κ2) is 5.58. The number of nitrogens with zero attached hydrogens (tertiary/aromatic N) is 2. The Morgan fingerprint density at radius 1 is 1.50 bits per heavy atom. The van der Waals surface area contributed by atoms with Gasteiger partial charge in [0.1, 0.15) is 10.9 Å². The maximum absolute atomic E-state index is 11.7. The molecule has 20 heavy (non-hydrogen) atoms. The molecule has 0 spiro atoms. The Bertz CT molecular complexity index is 569. The molecule has 0 bridgehead atoms. The Kier molecular flexibility index (Phi) is 4.03. The van der Waals surface area contributed by atoms with Crippen LogP contribution in [-0.2, 0) is 9.53 Å². The summed E-state index contributed by atoms with van der Waals surface area (Å²) in [7, 11) is 1.24. The highest BCUT2D eigenvalue weighted by Crippen LogP contribution is 2.29. The second-order valence-corrected chi connectivity index (χ2v) is 5.36. The predicted molar refractivity (Wildman–Crippen MR) is 73.3 cm³/mol. The number of Topliss-reactive ketones (excluding diaryl/α,β-unsaturated/α-hetero) is 1. The Labute approximate surface area is 119 Å². The third-order valence-corrected chi connectivity index (χ3v) is 4.25. The molecule has 108 valence electrons. The number of carbonyl (C=O) groups excluding carboxylic acids is 3. The van der Waals surface area contributed by atoms with Crippen molar-refractivity contribution in [2.75, 3.05) is 25.1 Å². The van der Waals surface area contributed by atoms with Crippen molar-refractivity contribution < 1.29 is 19.1 Å². The Morgan fingerprint density at radius 2 is 2.20 bits per heavy atom. The summed E-state index contributed by atoms with van der Waals surface area (Å²) in [5.41, 5.74) is 0.0122. The average Bonchev–Trinajstić information content (AvgIpc) is 2.86. The molecule has 1 aliphatic heterocycles. The van der Waals surface area contributed by atoms with E-state index in [1.54, 1.807) is 11.8 Å². The molecule has 8 heteroatoms. The highest BCUT2D eigenvalue weighted by molar-refractivity contribution is 7.17. The molecule has 1 aliphatic rings. The summed E-state index contributed by atoms with van der Waals surface area (Å²) in [5, 5.41) is 3.23.